The number of carbonyl (C=O) groups excluding carboxylic acids is 2. The number of anilines is 1. The van der Waals surface area contributed by atoms with Crippen molar-refractivity contribution in [1.82, 2.24) is 4.98 Å². The van der Waals surface area contributed by atoms with Gasteiger partial charge in [0.15, 0.2) is 12.3 Å². The average molecular weight is 390 g/mol. The molecule has 0 radical (unpaired) electrons. The van der Waals surface area contributed by atoms with Gasteiger partial charge in [-0.2, -0.15) is 0 Å². The molecule has 6 nitrogen and oxygen atoms in total. The summed E-state index contributed by atoms with van der Waals surface area (Å²) in [7, 11) is 1.48. The number of hydrogen-bond acceptors (Lipinski definition) is 5. The van der Waals surface area contributed by atoms with Gasteiger partial charge in [0.1, 0.15) is 5.75 Å². The van der Waals surface area contributed by atoms with E-state index in [0.717, 1.165) is 0 Å². The van der Waals surface area contributed by atoms with Crippen LogP contribution in [0.4, 0.5) is 5.69 Å². The minimum absolute atomic E-state index is 0.0150. The first-order valence-corrected chi connectivity index (χ1v) is 7.67. The molecule has 0 saturated carbocycles. The monoisotopic (exact) mass is 388 g/mol. The first-order valence-electron chi connectivity index (χ1n) is 6.53. The zero-order valence-electron chi connectivity index (χ0n) is 12.3. The quantitative estimate of drug-likeness (QED) is 0.786. The Morgan fingerprint density at radius 1 is 1.17 bits per heavy atom. The van der Waals surface area contributed by atoms with E-state index >= 15 is 0 Å². The van der Waals surface area contributed by atoms with Gasteiger partial charge in [-0.05, 0) is 12.1 Å². The fourth-order valence-corrected chi connectivity index (χ4v) is 2.28. The number of halogens is 3. The molecule has 1 aromatic carbocycles. The van der Waals surface area contributed by atoms with E-state index < -0.39 is 18.5 Å². The first kappa shape index (κ1) is 18.3. The fraction of sp³-hybridized carbons (Fsp3) is 0.133. The largest absolute Gasteiger partial charge is 0.495 e. The lowest BCUT2D eigenvalue weighted by Gasteiger charge is -2.10. The van der Waals surface area contributed by atoms with Gasteiger partial charge >= 0.3 is 5.97 Å². The zero-order valence-corrected chi connectivity index (χ0v) is 14.6. The van der Waals surface area contributed by atoms with Crippen molar-refractivity contribution >= 4 is 52.4 Å². The summed E-state index contributed by atoms with van der Waals surface area (Å²) in [6.45, 7) is -0.533. The number of carbonyl (C=O) groups is 2. The van der Waals surface area contributed by atoms with Gasteiger partial charge in [-0.1, -0.05) is 46.9 Å². The second-order valence-electron chi connectivity index (χ2n) is 4.41. The minimum atomic E-state index is -0.895. The summed E-state index contributed by atoms with van der Waals surface area (Å²) < 4.78 is 9.97. The number of esters is 1. The molecule has 1 amide bonds. The Morgan fingerprint density at radius 2 is 1.88 bits per heavy atom. The van der Waals surface area contributed by atoms with Crippen molar-refractivity contribution in [1.29, 1.82) is 0 Å². The van der Waals surface area contributed by atoms with Crippen LogP contribution in [0.3, 0.4) is 0 Å². The Bertz CT molecular complexity index is 783. The van der Waals surface area contributed by atoms with Crippen LogP contribution in [0.15, 0.2) is 30.5 Å². The van der Waals surface area contributed by atoms with E-state index in [0.29, 0.717) is 11.4 Å². The lowest BCUT2D eigenvalue weighted by Crippen LogP contribution is -2.21. The third kappa shape index (κ3) is 4.29. The van der Waals surface area contributed by atoms with E-state index in [2.05, 4.69) is 10.3 Å². The number of para-hydroxylation sites is 2. The van der Waals surface area contributed by atoms with Crippen LogP contribution in [-0.4, -0.2) is 30.6 Å². The average Bonchev–Trinajstić information content (AvgIpc) is 2.58. The highest BCUT2D eigenvalue weighted by molar-refractivity contribution is 6.48. The number of benzene rings is 1. The van der Waals surface area contributed by atoms with Gasteiger partial charge in [0, 0.05) is 6.20 Å². The first-order chi connectivity index (χ1) is 11.4. The fourth-order valence-electron chi connectivity index (χ4n) is 1.72. The second-order valence-corrected chi connectivity index (χ2v) is 5.57. The van der Waals surface area contributed by atoms with Crippen molar-refractivity contribution in [3.8, 4) is 5.75 Å². The molecule has 2 aromatic rings. The van der Waals surface area contributed by atoms with E-state index in [-0.39, 0.29) is 20.8 Å². The molecule has 0 aliphatic carbocycles. The van der Waals surface area contributed by atoms with Gasteiger partial charge in [-0.3, -0.25) is 4.79 Å². The van der Waals surface area contributed by atoms with Gasteiger partial charge in [-0.15, -0.1) is 0 Å². The molecule has 0 aliphatic rings. The molecule has 0 bridgehead atoms. The molecule has 1 heterocycles. The summed E-state index contributed by atoms with van der Waals surface area (Å²) in [4.78, 5) is 27.6. The summed E-state index contributed by atoms with van der Waals surface area (Å²) in [6.07, 6.45) is 1.17. The number of hydrogen-bond donors (Lipinski definition) is 1. The normalized spacial score (nSPS) is 10.2. The van der Waals surface area contributed by atoms with E-state index in [1.54, 1.807) is 24.3 Å². The molecule has 9 heteroatoms. The Balaban J connectivity index is 1.99. The summed E-state index contributed by atoms with van der Waals surface area (Å²) >= 11 is 17.4. The van der Waals surface area contributed by atoms with Gasteiger partial charge < -0.3 is 14.8 Å². The Hall–Kier alpha value is -2.02. The maximum atomic E-state index is 11.9. The Kier molecular flexibility index (Phi) is 6.25. The molecule has 2 rings (SSSR count). The van der Waals surface area contributed by atoms with Gasteiger partial charge in [0.05, 0.1) is 27.9 Å². The third-order valence-electron chi connectivity index (χ3n) is 2.83. The number of ether oxygens (including phenoxy) is 2. The number of aromatic nitrogens is 1. The molecule has 1 aromatic heterocycles. The van der Waals surface area contributed by atoms with Crippen molar-refractivity contribution in [2.75, 3.05) is 19.0 Å². The summed E-state index contributed by atoms with van der Waals surface area (Å²) in [5, 5.41) is 2.51. The lowest BCUT2D eigenvalue weighted by molar-refractivity contribution is -0.119. The molecule has 0 fully saturated rings. The molecule has 0 unspecified atom stereocenters. The smallest absolute Gasteiger partial charge is 0.359 e. The summed E-state index contributed by atoms with van der Waals surface area (Å²) in [5.41, 5.74) is 0.225. The molecule has 126 valence electrons. The van der Waals surface area contributed by atoms with Crippen LogP contribution in [0, 0.1) is 0 Å². The van der Waals surface area contributed by atoms with E-state index in [4.69, 9.17) is 44.3 Å². The molecular weight excluding hydrogens is 379 g/mol. The number of rotatable bonds is 5. The topological polar surface area (TPSA) is 77.5 Å². The molecule has 0 saturated heterocycles. The number of nitrogens with zero attached hydrogens (tertiary/aromatic N) is 1. The predicted molar refractivity (Wildman–Crippen MR) is 91.2 cm³/mol. The number of methoxy groups -OCH3 is 1. The van der Waals surface area contributed by atoms with Gasteiger partial charge in [0.25, 0.3) is 5.91 Å². The maximum Gasteiger partial charge on any atom is 0.359 e. The number of pyridine rings is 1. The zero-order chi connectivity index (χ0) is 17.7. The Morgan fingerprint density at radius 3 is 2.58 bits per heavy atom. The highest BCUT2D eigenvalue weighted by Crippen LogP contribution is 2.31. The summed E-state index contributed by atoms with van der Waals surface area (Å²) in [6, 6.07) is 6.81. The van der Waals surface area contributed by atoms with Crippen molar-refractivity contribution < 1.29 is 19.1 Å². The maximum absolute atomic E-state index is 11.9. The molecule has 0 aliphatic heterocycles. The molecule has 0 atom stereocenters. The number of amides is 1. The van der Waals surface area contributed by atoms with Crippen LogP contribution in [-0.2, 0) is 9.53 Å². The van der Waals surface area contributed by atoms with Crippen LogP contribution in [0.5, 0.6) is 5.75 Å². The van der Waals surface area contributed by atoms with E-state index in [1.165, 1.54) is 13.3 Å². The van der Waals surface area contributed by atoms with E-state index in [1.807, 2.05) is 0 Å². The van der Waals surface area contributed by atoms with Crippen molar-refractivity contribution in [3.63, 3.8) is 0 Å². The van der Waals surface area contributed by atoms with Crippen LogP contribution in [0.2, 0.25) is 15.1 Å². The van der Waals surface area contributed by atoms with Crippen LogP contribution >= 0.6 is 34.8 Å². The predicted octanol–water partition coefficient (Wildman–Crippen LogP) is 3.85. The standard InChI is InChI=1S/C15H11Cl3N2O4/c1-23-10-5-3-2-4-9(10)20-11(21)7-24-15(22)14-13(18)12(17)8(16)6-19-14/h2-6H,7H2,1H3,(H,20,21). The van der Waals surface area contributed by atoms with Gasteiger partial charge in [0.2, 0.25) is 0 Å². The van der Waals surface area contributed by atoms with Crippen LogP contribution in [0.1, 0.15) is 10.5 Å². The number of nitrogens with one attached hydrogen (secondary N) is 1. The lowest BCUT2D eigenvalue weighted by atomic mass is 10.3. The summed E-state index contributed by atoms with van der Waals surface area (Å²) in [5.74, 6) is -0.968. The van der Waals surface area contributed by atoms with Crippen molar-refractivity contribution in [3.05, 3.63) is 51.2 Å². The minimum Gasteiger partial charge on any atom is -0.495 e. The SMILES string of the molecule is COc1ccccc1NC(=O)COC(=O)c1ncc(Cl)c(Cl)c1Cl. The second kappa shape index (κ2) is 8.19. The highest BCUT2D eigenvalue weighted by Gasteiger charge is 2.19. The molecule has 0 spiro atoms. The Labute approximate surface area is 152 Å². The van der Waals surface area contributed by atoms with Crippen LogP contribution < -0.4 is 10.1 Å². The molecule has 24 heavy (non-hydrogen) atoms. The van der Waals surface area contributed by atoms with Gasteiger partial charge in [-0.25, -0.2) is 9.78 Å². The van der Waals surface area contributed by atoms with Crippen molar-refractivity contribution in [2.45, 2.75) is 0 Å². The highest BCUT2D eigenvalue weighted by atomic mass is 35.5. The van der Waals surface area contributed by atoms with Crippen LogP contribution in [0.25, 0.3) is 0 Å². The van der Waals surface area contributed by atoms with E-state index in [9.17, 15) is 9.59 Å². The van der Waals surface area contributed by atoms with Crippen molar-refractivity contribution in [2.24, 2.45) is 0 Å². The molecule has 1 N–H and O–H groups in total. The third-order valence-corrected chi connectivity index (χ3v) is 4.07. The molecular formula is C15H11Cl3N2O4.